The maximum atomic E-state index is 12.7. The second-order valence-electron chi connectivity index (χ2n) is 6.42. The number of anilines is 1. The van der Waals surface area contributed by atoms with Gasteiger partial charge in [-0.1, -0.05) is 34.1 Å². The van der Waals surface area contributed by atoms with Crippen molar-refractivity contribution in [3.05, 3.63) is 64.3 Å². The first-order valence-electron chi connectivity index (χ1n) is 8.84. The highest BCUT2D eigenvalue weighted by Crippen LogP contribution is 2.29. The molecule has 8 heteroatoms. The summed E-state index contributed by atoms with van der Waals surface area (Å²) in [4.78, 5) is 20.1. The van der Waals surface area contributed by atoms with E-state index in [0.29, 0.717) is 32.0 Å². The van der Waals surface area contributed by atoms with E-state index in [9.17, 15) is 18.0 Å². The monoisotopic (exact) mass is 453 g/mol. The van der Waals surface area contributed by atoms with Crippen molar-refractivity contribution in [1.29, 1.82) is 0 Å². The van der Waals surface area contributed by atoms with Gasteiger partial charge in [0, 0.05) is 42.9 Å². The number of carbonyl (C=O) groups is 1. The molecule has 1 aromatic heterocycles. The van der Waals surface area contributed by atoms with Crippen LogP contribution in [0.3, 0.4) is 0 Å². The average Bonchev–Trinajstić information content (AvgIpc) is 2.93. The number of carbonyl (C=O) groups excluding carboxylic acids is 1. The molecule has 0 atom stereocenters. The summed E-state index contributed by atoms with van der Waals surface area (Å²) in [5.74, 6) is 0.407. The number of aromatic nitrogens is 1. The van der Waals surface area contributed by atoms with Gasteiger partial charge in [0.05, 0.1) is 5.56 Å². The standard InChI is InChI=1S/C20H19BrF3N3O/c21-17-5-2-1-4-15(17)6-9-19(28)27-11-3-10-26(12-13-27)18-8-7-16(14-25-18)20(22,23)24/h1-2,4-9,14H,3,10-13H2/b9-6+. The van der Waals surface area contributed by atoms with Gasteiger partial charge >= 0.3 is 6.18 Å². The third-order valence-electron chi connectivity index (χ3n) is 4.52. The minimum absolute atomic E-state index is 0.0852. The molecule has 0 unspecified atom stereocenters. The smallest absolute Gasteiger partial charge is 0.355 e. The fourth-order valence-electron chi connectivity index (χ4n) is 2.98. The average molecular weight is 454 g/mol. The molecule has 148 valence electrons. The number of nitrogens with zero attached hydrogens (tertiary/aromatic N) is 3. The zero-order valence-electron chi connectivity index (χ0n) is 15.0. The Labute approximate surface area is 169 Å². The Morgan fingerprint density at radius 2 is 1.86 bits per heavy atom. The van der Waals surface area contributed by atoms with Crippen molar-refractivity contribution in [2.75, 3.05) is 31.1 Å². The third-order valence-corrected chi connectivity index (χ3v) is 5.24. The minimum atomic E-state index is -4.40. The van der Waals surface area contributed by atoms with Crippen molar-refractivity contribution in [2.24, 2.45) is 0 Å². The van der Waals surface area contributed by atoms with E-state index >= 15 is 0 Å². The van der Waals surface area contributed by atoms with E-state index in [1.807, 2.05) is 29.2 Å². The second-order valence-corrected chi connectivity index (χ2v) is 7.28. The van der Waals surface area contributed by atoms with Crippen LogP contribution in [0.5, 0.6) is 0 Å². The minimum Gasteiger partial charge on any atom is -0.355 e. The van der Waals surface area contributed by atoms with Gasteiger partial charge in [0.1, 0.15) is 5.82 Å². The molecule has 28 heavy (non-hydrogen) atoms. The third kappa shape index (κ3) is 5.13. The quantitative estimate of drug-likeness (QED) is 0.636. The number of rotatable bonds is 3. The lowest BCUT2D eigenvalue weighted by molar-refractivity contribution is -0.137. The van der Waals surface area contributed by atoms with Gasteiger partial charge in [-0.2, -0.15) is 13.2 Å². The molecule has 0 aliphatic carbocycles. The first-order chi connectivity index (χ1) is 13.3. The summed E-state index contributed by atoms with van der Waals surface area (Å²) in [6.45, 7) is 2.24. The molecule has 1 aliphatic rings. The summed E-state index contributed by atoms with van der Waals surface area (Å²) in [7, 11) is 0. The van der Waals surface area contributed by atoms with Crippen LogP contribution in [0.2, 0.25) is 0 Å². The Morgan fingerprint density at radius 3 is 2.54 bits per heavy atom. The zero-order chi connectivity index (χ0) is 20.1. The molecule has 0 saturated carbocycles. The van der Waals surface area contributed by atoms with Crippen LogP contribution >= 0.6 is 15.9 Å². The van der Waals surface area contributed by atoms with Gasteiger partial charge in [0.2, 0.25) is 5.91 Å². The van der Waals surface area contributed by atoms with Crippen molar-refractivity contribution < 1.29 is 18.0 Å². The van der Waals surface area contributed by atoms with Gasteiger partial charge < -0.3 is 9.80 Å². The Hall–Kier alpha value is -2.35. The molecule has 2 aromatic rings. The summed E-state index contributed by atoms with van der Waals surface area (Å²) in [5.41, 5.74) is 0.154. The van der Waals surface area contributed by atoms with Crippen LogP contribution in [0, 0.1) is 0 Å². The summed E-state index contributed by atoms with van der Waals surface area (Å²) >= 11 is 3.45. The molecule has 1 aromatic carbocycles. The molecule has 3 rings (SSSR count). The van der Waals surface area contributed by atoms with Crippen LogP contribution < -0.4 is 4.90 Å². The van der Waals surface area contributed by atoms with Crippen LogP contribution in [-0.4, -0.2) is 42.0 Å². The highest BCUT2D eigenvalue weighted by atomic mass is 79.9. The van der Waals surface area contributed by atoms with E-state index in [1.54, 1.807) is 17.1 Å². The van der Waals surface area contributed by atoms with Gasteiger partial charge in [-0.05, 0) is 36.3 Å². The number of amides is 1. The first-order valence-corrected chi connectivity index (χ1v) is 9.63. The molecule has 0 spiro atoms. The maximum Gasteiger partial charge on any atom is 0.417 e. The predicted octanol–water partition coefficient (Wildman–Crippen LogP) is 4.62. The predicted molar refractivity (Wildman–Crippen MR) is 106 cm³/mol. The maximum absolute atomic E-state index is 12.7. The van der Waals surface area contributed by atoms with Crippen molar-refractivity contribution in [3.8, 4) is 0 Å². The topological polar surface area (TPSA) is 36.4 Å². The molecule has 1 aliphatic heterocycles. The van der Waals surface area contributed by atoms with Crippen molar-refractivity contribution in [3.63, 3.8) is 0 Å². The number of alkyl halides is 3. The summed E-state index contributed by atoms with van der Waals surface area (Å²) < 4.78 is 39.0. The fourth-order valence-corrected chi connectivity index (χ4v) is 3.40. The molecule has 1 fully saturated rings. The van der Waals surface area contributed by atoms with E-state index in [4.69, 9.17) is 0 Å². The first kappa shape index (κ1) is 20.4. The molecule has 0 bridgehead atoms. The van der Waals surface area contributed by atoms with Gasteiger partial charge in [0.25, 0.3) is 0 Å². The molecule has 1 saturated heterocycles. The van der Waals surface area contributed by atoms with Crippen molar-refractivity contribution in [1.82, 2.24) is 9.88 Å². The van der Waals surface area contributed by atoms with E-state index < -0.39 is 11.7 Å². The molecule has 2 heterocycles. The largest absolute Gasteiger partial charge is 0.417 e. The Kier molecular flexibility index (Phi) is 6.39. The van der Waals surface area contributed by atoms with Crippen LogP contribution in [0.4, 0.5) is 19.0 Å². The summed E-state index contributed by atoms with van der Waals surface area (Å²) in [5, 5.41) is 0. The van der Waals surface area contributed by atoms with E-state index in [2.05, 4.69) is 20.9 Å². The second kappa shape index (κ2) is 8.77. The van der Waals surface area contributed by atoms with Crippen LogP contribution in [0.15, 0.2) is 53.1 Å². The fraction of sp³-hybridized carbons (Fsp3) is 0.300. The summed E-state index contributed by atoms with van der Waals surface area (Å²) in [6.07, 6.45) is 0.493. The summed E-state index contributed by atoms with van der Waals surface area (Å²) in [6, 6.07) is 10.0. The van der Waals surface area contributed by atoms with Crippen LogP contribution in [-0.2, 0) is 11.0 Å². The van der Waals surface area contributed by atoms with Gasteiger partial charge in [0.15, 0.2) is 0 Å². The molecule has 0 radical (unpaired) electrons. The van der Waals surface area contributed by atoms with Crippen LogP contribution in [0.1, 0.15) is 17.5 Å². The molecule has 0 N–H and O–H groups in total. The van der Waals surface area contributed by atoms with E-state index in [-0.39, 0.29) is 5.91 Å². The number of benzene rings is 1. The van der Waals surface area contributed by atoms with E-state index in [1.165, 1.54) is 6.07 Å². The van der Waals surface area contributed by atoms with Crippen LogP contribution in [0.25, 0.3) is 6.08 Å². The zero-order valence-corrected chi connectivity index (χ0v) is 16.6. The number of hydrogen-bond donors (Lipinski definition) is 0. The van der Waals surface area contributed by atoms with Gasteiger partial charge in [-0.3, -0.25) is 4.79 Å². The Morgan fingerprint density at radius 1 is 1.07 bits per heavy atom. The highest BCUT2D eigenvalue weighted by molar-refractivity contribution is 9.10. The lowest BCUT2D eigenvalue weighted by Crippen LogP contribution is -2.34. The van der Waals surface area contributed by atoms with Crippen molar-refractivity contribution in [2.45, 2.75) is 12.6 Å². The Balaban J connectivity index is 1.61. The number of hydrogen-bond acceptors (Lipinski definition) is 3. The molecule has 4 nitrogen and oxygen atoms in total. The van der Waals surface area contributed by atoms with Crippen molar-refractivity contribution >= 4 is 33.7 Å². The number of halogens is 4. The highest BCUT2D eigenvalue weighted by Gasteiger charge is 2.31. The van der Waals surface area contributed by atoms with Gasteiger partial charge in [-0.15, -0.1) is 0 Å². The normalized spacial score (nSPS) is 15.7. The molecular formula is C20H19BrF3N3O. The number of pyridine rings is 1. The van der Waals surface area contributed by atoms with E-state index in [0.717, 1.165) is 28.7 Å². The molecule has 1 amide bonds. The SMILES string of the molecule is O=C(/C=C/c1ccccc1Br)N1CCCN(c2ccc(C(F)(F)F)cn2)CC1. The molecular weight excluding hydrogens is 435 g/mol. The lowest BCUT2D eigenvalue weighted by atomic mass is 10.2. The Bertz CT molecular complexity index is 853. The van der Waals surface area contributed by atoms with Gasteiger partial charge in [-0.25, -0.2) is 4.98 Å². The lowest BCUT2D eigenvalue weighted by Gasteiger charge is -2.22.